The van der Waals surface area contributed by atoms with Gasteiger partial charge in [0, 0.05) is 5.39 Å². The molecule has 1 saturated carbocycles. The number of aryl methyl sites for hydroxylation is 1. The van der Waals surface area contributed by atoms with Crippen molar-refractivity contribution in [1.82, 2.24) is 10.2 Å². The molecule has 0 aliphatic heterocycles. The molecule has 0 bridgehead atoms. The minimum atomic E-state index is -0.0890. The van der Waals surface area contributed by atoms with E-state index in [0.29, 0.717) is 5.92 Å². The number of hydrogen-bond acceptors (Lipinski definition) is 2. The maximum Gasteiger partial charge on any atom is 0.0653 e. The van der Waals surface area contributed by atoms with Crippen LogP contribution < -0.4 is 0 Å². The number of aliphatic hydroxyl groups excluding tert-OH is 1. The summed E-state index contributed by atoms with van der Waals surface area (Å²) in [6.45, 7) is 2.33. The number of hydrogen-bond donors (Lipinski definition) is 2. The summed E-state index contributed by atoms with van der Waals surface area (Å²) in [4.78, 5) is 0. The Morgan fingerprint density at radius 2 is 2.29 bits per heavy atom. The predicted octanol–water partition coefficient (Wildman–Crippen LogP) is 3.71. The Morgan fingerprint density at radius 1 is 1.38 bits per heavy atom. The maximum atomic E-state index is 10.1. The molecule has 112 valence electrons. The van der Waals surface area contributed by atoms with E-state index in [4.69, 9.17) is 0 Å². The van der Waals surface area contributed by atoms with Gasteiger partial charge in [0.1, 0.15) is 0 Å². The smallest absolute Gasteiger partial charge is 0.0653 e. The Kier molecular flexibility index (Phi) is 3.07. The average Bonchev–Trinajstić information content (AvgIpc) is 2.88. The van der Waals surface area contributed by atoms with Gasteiger partial charge in [-0.15, -0.1) is 0 Å². The molecule has 2 N–H and O–H groups in total. The van der Waals surface area contributed by atoms with Gasteiger partial charge in [0.25, 0.3) is 0 Å². The molecule has 3 heteroatoms. The minimum absolute atomic E-state index is 0.0890. The Balaban J connectivity index is 1.91. The van der Waals surface area contributed by atoms with Crippen LogP contribution in [0.1, 0.15) is 56.6 Å². The van der Waals surface area contributed by atoms with Crippen molar-refractivity contribution in [3.05, 3.63) is 29.5 Å². The average molecular weight is 284 g/mol. The van der Waals surface area contributed by atoms with Crippen LogP contribution in [-0.2, 0) is 11.8 Å². The quantitative estimate of drug-likeness (QED) is 0.838. The highest BCUT2D eigenvalue weighted by Gasteiger charge is 2.45. The molecule has 0 saturated heterocycles. The molecule has 0 radical (unpaired) electrons. The summed E-state index contributed by atoms with van der Waals surface area (Å²) < 4.78 is 0. The van der Waals surface area contributed by atoms with Crippen molar-refractivity contribution in [3.63, 3.8) is 0 Å². The van der Waals surface area contributed by atoms with Crippen molar-refractivity contribution in [1.29, 1.82) is 0 Å². The van der Waals surface area contributed by atoms with Crippen LogP contribution in [-0.4, -0.2) is 21.4 Å². The molecule has 1 fully saturated rings. The standard InChI is InChI=1S/C18H24N2O/c1-2-18-7-6-15(21)10-14(18)5-3-4-12-9-17-13(8-16(12)18)11-19-20-17/h8-9,11,14-15,21H,2-7,10H2,1H3,(H,19,20). The summed E-state index contributed by atoms with van der Waals surface area (Å²) in [5.41, 5.74) is 4.49. The fourth-order valence-corrected chi connectivity index (χ4v) is 4.95. The highest BCUT2D eigenvalue weighted by atomic mass is 16.3. The highest BCUT2D eigenvalue weighted by Crippen LogP contribution is 2.51. The number of fused-ring (bicyclic) bond motifs is 4. The lowest BCUT2D eigenvalue weighted by molar-refractivity contribution is 0.0452. The van der Waals surface area contributed by atoms with Gasteiger partial charge in [0.2, 0.25) is 0 Å². The maximum absolute atomic E-state index is 10.1. The van der Waals surface area contributed by atoms with E-state index in [9.17, 15) is 5.11 Å². The van der Waals surface area contributed by atoms with Gasteiger partial charge in [-0.3, -0.25) is 5.10 Å². The van der Waals surface area contributed by atoms with Crippen LogP contribution in [0.2, 0.25) is 0 Å². The summed E-state index contributed by atoms with van der Waals surface area (Å²) in [6, 6.07) is 4.70. The summed E-state index contributed by atoms with van der Waals surface area (Å²) in [5, 5.41) is 18.7. The molecule has 21 heavy (non-hydrogen) atoms. The molecule has 1 heterocycles. The second kappa shape index (κ2) is 4.84. The Morgan fingerprint density at radius 3 is 3.14 bits per heavy atom. The van der Waals surface area contributed by atoms with Gasteiger partial charge >= 0.3 is 0 Å². The van der Waals surface area contributed by atoms with E-state index in [1.165, 1.54) is 36.6 Å². The van der Waals surface area contributed by atoms with Gasteiger partial charge < -0.3 is 5.11 Å². The first kappa shape index (κ1) is 13.3. The molecule has 1 aromatic carbocycles. The third kappa shape index (κ3) is 1.94. The van der Waals surface area contributed by atoms with Gasteiger partial charge in [0.05, 0.1) is 17.8 Å². The van der Waals surface area contributed by atoms with Crippen LogP contribution in [0, 0.1) is 5.92 Å². The fraction of sp³-hybridized carbons (Fsp3) is 0.611. The van der Waals surface area contributed by atoms with Gasteiger partial charge in [-0.1, -0.05) is 6.92 Å². The number of benzene rings is 1. The molecular weight excluding hydrogens is 260 g/mol. The van der Waals surface area contributed by atoms with Crippen LogP contribution in [0.25, 0.3) is 10.9 Å². The minimum Gasteiger partial charge on any atom is -0.393 e. The Hall–Kier alpha value is -1.35. The van der Waals surface area contributed by atoms with Crippen LogP contribution in [0.3, 0.4) is 0 Å². The molecule has 3 unspecified atom stereocenters. The zero-order valence-corrected chi connectivity index (χ0v) is 12.7. The van der Waals surface area contributed by atoms with Crippen molar-refractivity contribution in [3.8, 4) is 0 Å². The molecule has 3 atom stereocenters. The van der Waals surface area contributed by atoms with E-state index in [2.05, 4.69) is 29.3 Å². The lowest BCUT2D eigenvalue weighted by atomic mass is 9.59. The van der Waals surface area contributed by atoms with Crippen molar-refractivity contribution >= 4 is 10.9 Å². The van der Waals surface area contributed by atoms with Gasteiger partial charge in [0.15, 0.2) is 0 Å². The van der Waals surface area contributed by atoms with Gasteiger partial charge in [-0.2, -0.15) is 5.10 Å². The Labute approximate surface area is 125 Å². The molecule has 2 aromatic rings. The van der Waals surface area contributed by atoms with E-state index < -0.39 is 0 Å². The monoisotopic (exact) mass is 284 g/mol. The third-order valence-corrected chi connectivity index (χ3v) is 6.09. The number of nitrogens with zero attached hydrogens (tertiary/aromatic N) is 1. The number of aromatic nitrogens is 2. The van der Waals surface area contributed by atoms with E-state index in [0.717, 1.165) is 24.8 Å². The second-order valence-corrected chi connectivity index (χ2v) is 6.99. The summed E-state index contributed by atoms with van der Waals surface area (Å²) in [5.74, 6) is 0.636. The summed E-state index contributed by atoms with van der Waals surface area (Å²) >= 11 is 0. The molecule has 0 spiro atoms. The zero-order chi connectivity index (χ0) is 14.4. The SMILES string of the molecule is CCC12CCC(O)CC1CCCc1cc3[nH]ncc3cc12. The van der Waals surface area contributed by atoms with Crippen molar-refractivity contribution in [2.45, 2.75) is 63.4 Å². The van der Waals surface area contributed by atoms with Gasteiger partial charge in [-0.25, -0.2) is 0 Å². The fourth-order valence-electron chi connectivity index (χ4n) is 4.95. The number of aromatic amines is 1. The van der Waals surface area contributed by atoms with Crippen molar-refractivity contribution in [2.24, 2.45) is 5.92 Å². The lowest BCUT2D eigenvalue weighted by Gasteiger charge is -2.46. The van der Waals surface area contributed by atoms with E-state index in [-0.39, 0.29) is 11.5 Å². The Bertz CT molecular complexity index is 662. The number of H-pyrrole nitrogens is 1. The van der Waals surface area contributed by atoms with Crippen LogP contribution in [0.4, 0.5) is 0 Å². The van der Waals surface area contributed by atoms with Gasteiger partial charge in [-0.05, 0) is 79.5 Å². The first-order valence-corrected chi connectivity index (χ1v) is 8.37. The van der Waals surface area contributed by atoms with Crippen LogP contribution >= 0.6 is 0 Å². The highest BCUT2D eigenvalue weighted by molar-refractivity contribution is 5.80. The van der Waals surface area contributed by atoms with E-state index in [1.54, 1.807) is 5.56 Å². The number of nitrogens with one attached hydrogen (secondary N) is 1. The summed E-state index contributed by atoms with van der Waals surface area (Å²) in [6.07, 6.45) is 9.76. The van der Waals surface area contributed by atoms with Crippen molar-refractivity contribution in [2.75, 3.05) is 0 Å². The number of rotatable bonds is 1. The van der Waals surface area contributed by atoms with E-state index >= 15 is 0 Å². The van der Waals surface area contributed by atoms with Crippen LogP contribution in [0.5, 0.6) is 0 Å². The predicted molar refractivity (Wildman–Crippen MR) is 84.3 cm³/mol. The lowest BCUT2D eigenvalue weighted by Crippen LogP contribution is -2.41. The first-order valence-electron chi connectivity index (χ1n) is 8.37. The topological polar surface area (TPSA) is 48.9 Å². The molecular formula is C18H24N2O. The number of aliphatic hydroxyl groups is 1. The van der Waals surface area contributed by atoms with E-state index in [1.807, 2.05) is 6.20 Å². The molecule has 3 nitrogen and oxygen atoms in total. The zero-order valence-electron chi connectivity index (χ0n) is 12.7. The normalized spacial score (nSPS) is 32.5. The second-order valence-electron chi connectivity index (χ2n) is 6.99. The molecule has 2 aliphatic carbocycles. The molecule has 2 aliphatic rings. The molecule has 4 rings (SSSR count). The molecule has 0 amide bonds. The van der Waals surface area contributed by atoms with Crippen LogP contribution in [0.15, 0.2) is 18.3 Å². The largest absolute Gasteiger partial charge is 0.393 e. The summed E-state index contributed by atoms with van der Waals surface area (Å²) in [7, 11) is 0. The molecule has 1 aromatic heterocycles. The van der Waals surface area contributed by atoms with Crippen molar-refractivity contribution < 1.29 is 5.11 Å². The third-order valence-electron chi connectivity index (χ3n) is 6.09. The first-order chi connectivity index (χ1) is 10.2.